The van der Waals surface area contributed by atoms with Gasteiger partial charge in [0.15, 0.2) is 5.96 Å². The molecule has 26 heavy (non-hydrogen) atoms. The van der Waals surface area contributed by atoms with Gasteiger partial charge in [-0.05, 0) is 38.6 Å². The fraction of sp³-hybridized carbons (Fsp3) is 0.588. The van der Waals surface area contributed by atoms with Gasteiger partial charge < -0.3 is 21.3 Å². The molecule has 1 atom stereocenters. The number of aliphatic imine (C=N–C) groups is 1. The van der Waals surface area contributed by atoms with Crippen LogP contribution in [0, 0.1) is 12.3 Å². The minimum absolute atomic E-state index is 0.0666. The van der Waals surface area contributed by atoms with E-state index >= 15 is 0 Å². The Balaban J connectivity index is 0.000000273. The van der Waals surface area contributed by atoms with E-state index in [1.165, 1.54) is 12.1 Å². The number of nitrogens with one attached hydrogen (secondary N) is 2. The third-order valence-electron chi connectivity index (χ3n) is 3.57. The lowest BCUT2D eigenvalue weighted by molar-refractivity contribution is 0.241. The molecule has 2 rings (SSSR count). The van der Waals surface area contributed by atoms with Gasteiger partial charge in [0.2, 0.25) is 0 Å². The summed E-state index contributed by atoms with van der Waals surface area (Å²) in [6.07, 6.45) is -0.0931. The average molecular weight is 386 g/mol. The van der Waals surface area contributed by atoms with Gasteiger partial charge in [-0.2, -0.15) is 8.42 Å². The molecule has 0 fully saturated rings. The summed E-state index contributed by atoms with van der Waals surface area (Å²) in [7, 11) is 0.153. The van der Waals surface area contributed by atoms with Gasteiger partial charge in [-0.15, -0.1) is 0 Å². The minimum Gasteiger partial charge on any atom is -0.356 e. The maximum absolute atomic E-state index is 10.5. The largest absolute Gasteiger partial charge is 0.356 e. The lowest BCUT2D eigenvalue weighted by atomic mass is 9.93. The Hall–Kier alpha value is -1.68. The van der Waals surface area contributed by atoms with Crippen LogP contribution in [0.15, 0.2) is 34.2 Å². The molecule has 1 unspecified atom stereocenters. The van der Waals surface area contributed by atoms with Gasteiger partial charge in [-0.25, -0.2) is 4.99 Å². The molecule has 0 bridgehead atoms. The van der Waals surface area contributed by atoms with Crippen molar-refractivity contribution in [3.63, 3.8) is 0 Å². The summed E-state index contributed by atoms with van der Waals surface area (Å²) < 4.78 is 29.6. The molecule has 5 N–H and O–H groups in total. The predicted molar refractivity (Wildman–Crippen MR) is 105 cm³/mol. The minimum atomic E-state index is -4.02. The van der Waals surface area contributed by atoms with Gasteiger partial charge in [0.1, 0.15) is 6.17 Å². The fourth-order valence-electron chi connectivity index (χ4n) is 2.51. The molecule has 1 heterocycles. The van der Waals surface area contributed by atoms with E-state index < -0.39 is 10.1 Å². The summed E-state index contributed by atoms with van der Waals surface area (Å²) in [5.41, 5.74) is 6.83. The number of guanidine groups is 1. The molecule has 1 aliphatic rings. The first-order valence-corrected chi connectivity index (χ1v) is 9.83. The van der Waals surface area contributed by atoms with E-state index in [0.717, 1.165) is 31.2 Å². The number of hydrogen-bond acceptors (Lipinski definition) is 7. The number of nitrogens with two attached hydrogens (primary N) is 1. The molecule has 0 amide bonds. The molecule has 0 radical (unpaired) electrons. The number of rotatable bonds is 5. The summed E-state index contributed by atoms with van der Waals surface area (Å²) in [5.74, 6) is 0.828. The summed E-state index contributed by atoms with van der Waals surface area (Å²) in [6.45, 7) is 8.97. The molecule has 1 aliphatic heterocycles. The number of aryl methyl sites for hydroxylation is 1. The number of nitrogens with zero attached hydrogens (tertiary/aromatic N) is 2. The Morgan fingerprint density at radius 3 is 2.35 bits per heavy atom. The third-order valence-corrected chi connectivity index (χ3v) is 4.44. The van der Waals surface area contributed by atoms with Gasteiger partial charge in [0.05, 0.1) is 11.4 Å². The van der Waals surface area contributed by atoms with E-state index in [0.29, 0.717) is 0 Å². The Kier molecular flexibility index (Phi) is 8.01. The van der Waals surface area contributed by atoms with Crippen LogP contribution in [0.3, 0.4) is 0 Å². The number of hydrogen-bond donors (Lipinski definition) is 4. The SMILES string of the molecule is CN(C)CC(C)(C)CNC1=NC(N)CN1.Cc1ccc(S(=O)(=O)O)cc1. The molecule has 148 valence electrons. The van der Waals surface area contributed by atoms with Crippen molar-refractivity contribution in [2.75, 3.05) is 33.7 Å². The van der Waals surface area contributed by atoms with Crippen LogP contribution in [0.4, 0.5) is 0 Å². The molecule has 0 spiro atoms. The summed E-state index contributed by atoms with van der Waals surface area (Å²) in [6, 6.07) is 5.99. The first-order chi connectivity index (χ1) is 11.9. The van der Waals surface area contributed by atoms with Crippen LogP contribution < -0.4 is 16.4 Å². The van der Waals surface area contributed by atoms with Crippen LogP contribution in [-0.2, 0) is 10.1 Å². The monoisotopic (exact) mass is 385 g/mol. The second kappa shape index (κ2) is 9.31. The van der Waals surface area contributed by atoms with E-state index in [2.05, 4.69) is 48.5 Å². The average Bonchev–Trinajstić information content (AvgIpc) is 2.90. The zero-order chi connectivity index (χ0) is 20.0. The van der Waals surface area contributed by atoms with Crippen molar-refractivity contribution in [2.24, 2.45) is 16.1 Å². The summed E-state index contributed by atoms with van der Waals surface area (Å²) in [4.78, 5) is 6.35. The van der Waals surface area contributed by atoms with Crippen molar-refractivity contribution in [1.82, 2.24) is 15.5 Å². The zero-order valence-electron chi connectivity index (χ0n) is 16.2. The van der Waals surface area contributed by atoms with Gasteiger partial charge in [0, 0.05) is 13.1 Å². The van der Waals surface area contributed by atoms with Crippen molar-refractivity contribution >= 4 is 16.1 Å². The lowest BCUT2D eigenvalue weighted by Crippen LogP contribution is -2.43. The molecule has 0 aromatic heterocycles. The normalized spacial score (nSPS) is 17.2. The molecule has 8 nitrogen and oxygen atoms in total. The first-order valence-electron chi connectivity index (χ1n) is 8.39. The smallest absolute Gasteiger partial charge is 0.294 e. The van der Waals surface area contributed by atoms with Crippen molar-refractivity contribution in [2.45, 2.75) is 31.8 Å². The van der Waals surface area contributed by atoms with Crippen LogP contribution >= 0.6 is 0 Å². The Bertz CT molecular complexity index is 700. The van der Waals surface area contributed by atoms with Gasteiger partial charge >= 0.3 is 0 Å². The number of benzene rings is 1. The molecule has 0 saturated carbocycles. The Labute approximate surface area is 156 Å². The highest BCUT2D eigenvalue weighted by atomic mass is 32.2. The second-order valence-corrected chi connectivity index (χ2v) is 8.89. The van der Waals surface area contributed by atoms with E-state index in [1.54, 1.807) is 12.1 Å². The van der Waals surface area contributed by atoms with Crippen LogP contribution in [0.5, 0.6) is 0 Å². The highest BCUT2D eigenvalue weighted by Crippen LogP contribution is 2.14. The van der Waals surface area contributed by atoms with Gasteiger partial charge in [-0.1, -0.05) is 31.5 Å². The van der Waals surface area contributed by atoms with Gasteiger partial charge in [-0.3, -0.25) is 4.55 Å². The Morgan fingerprint density at radius 2 is 1.92 bits per heavy atom. The molecule has 1 aromatic carbocycles. The van der Waals surface area contributed by atoms with Crippen LogP contribution in [0.25, 0.3) is 0 Å². The Morgan fingerprint density at radius 1 is 1.35 bits per heavy atom. The van der Waals surface area contributed by atoms with E-state index in [9.17, 15) is 8.42 Å². The van der Waals surface area contributed by atoms with Crippen LogP contribution in [-0.4, -0.2) is 63.7 Å². The summed E-state index contributed by atoms with van der Waals surface area (Å²) in [5, 5.41) is 6.42. The highest BCUT2D eigenvalue weighted by molar-refractivity contribution is 7.85. The van der Waals surface area contributed by atoms with Crippen molar-refractivity contribution < 1.29 is 13.0 Å². The molecule has 9 heteroatoms. The lowest BCUT2D eigenvalue weighted by Gasteiger charge is -2.28. The quantitative estimate of drug-likeness (QED) is 0.549. The van der Waals surface area contributed by atoms with Crippen molar-refractivity contribution in [3.8, 4) is 0 Å². The standard InChI is InChI=1S/C10H23N5.C7H8O3S/c1-10(2,7-15(3)4)6-13-9-12-5-8(11)14-9;1-6-2-4-7(5-3-6)11(8,9)10/h8H,5-7,11H2,1-4H3,(H2,12,13,14);2-5H,1H3,(H,8,9,10). The topological polar surface area (TPSA) is 120 Å². The molecular formula is C17H31N5O3S. The van der Waals surface area contributed by atoms with E-state index in [1.807, 2.05) is 6.92 Å². The zero-order valence-corrected chi connectivity index (χ0v) is 17.0. The highest BCUT2D eigenvalue weighted by Gasteiger charge is 2.20. The van der Waals surface area contributed by atoms with Crippen LogP contribution in [0.1, 0.15) is 19.4 Å². The predicted octanol–water partition coefficient (Wildman–Crippen LogP) is 0.650. The maximum Gasteiger partial charge on any atom is 0.294 e. The van der Waals surface area contributed by atoms with Gasteiger partial charge in [0.25, 0.3) is 10.1 Å². The van der Waals surface area contributed by atoms with Crippen molar-refractivity contribution in [3.05, 3.63) is 29.8 Å². The maximum atomic E-state index is 10.5. The molecular weight excluding hydrogens is 354 g/mol. The molecule has 1 aromatic rings. The van der Waals surface area contributed by atoms with E-state index in [-0.39, 0.29) is 16.5 Å². The fourth-order valence-corrected chi connectivity index (χ4v) is 2.99. The molecule has 0 saturated heterocycles. The van der Waals surface area contributed by atoms with E-state index in [4.69, 9.17) is 10.3 Å². The van der Waals surface area contributed by atoms with Crippen molar-refractivity contribution in [1.29, 1.82) is 0 Å². The first kappa shape index (κ1) is 22.4. The third kappa shape index (κ3) is 8.61. The second-order valence-electron chi connectivity index (χ2n) is 7.47. The summed E-state index contributed by atoms with van der Waals surface area (Å²) >= 11 is 0. The molecule has 0 aliphatic carbocycles. The van der Waals surface area contributed by atoms with Crippen LogP contribution in [0.2, 0.25) is 0 Å².